The lowest BCUT2D eigenvalue weighted by Gasteiger charge is -2.32. The maximum Gasteiger partial charge on any atom is 0.317 e. The summed E-state index contributed by atoms with van der Waals surface area (Å²) in [4.78, 5) is 16.9. The van der Waals surface area contributed by atoms with E-state index in [4.69, 9.17) is 9.47 Å². The van der Waals surface area contributed by atoms with Crippen LogP contribution in [0.5, 0.6) is 11.5 Å². The number of hydrogen-bond acceptors (Lipinski definition) is 4. The first-order valence-corrected chi connectivity index (χ1v) is 10.3. The standard InChI is InChI=1S/C21H33N3O3/c1-26-19-8-4-9-20(15-19)27-17-18-7-5-14-24(16-18)21(25)22-10-6-13-23-11-2-3-12-23/h4,8-9,15,18H,2-3,5-7,10-14,16-17H2,1H3,(H,22,25)/t18-/m0/s1. The van der Waals surface area contributed by atoms with Gasteiger partial charge in [-0.3, -0.25) is 0 Å². The van der Waals surface area contributed by atoms with Gasteiger partial charge in [0.2, 0.25) is 0 Å². The van der Waals surface area contributed by atoms with Gasteiger partial charge in [-0.15, -0.1) is 0 Å². The van der Waals surface area contributed by atoms with E-state index in [0.29, 0.717) is 12.5 Å². The van der Waals surface area contributed by atoms with Gasteiger partial charge in [-0.05, 0) is 63.9 Å². The van der Waals surface area contributed by atoms with Crippen molar-refractivity contribution < 1.29 is 14.3 Å². The largest absolute Gasteiger partial charge is 0.497 e. The number of piperidine rings is 1. The summed E-state index contributed by atoms with van der Waals surface area (Å²) < 4.78 is 11.2. The third kappa shape index (κ3) is 6.31. The fourth-order valence-electron chi connectivity index (χ4n) is 3.91. The number of hydrogen-bond donors (Lipinski definition) is 1. The first kappa shape index (κ1) is 19.8. The zero-order chi connectivity index (χ0) is 18.9. The average Bonchev–Trinajstić information content (AvgIpc) is 3.23. The molecule has 0 unspecified atom stereocenters. The van der Waals surface area contributed by atoms with E-state index in [1.807, 2.05) is 29.2 Å². The maximum absolute atomic E-state index is 12.4. The molecule has 0 aromatic heterocycles. The molecule has 2 aliphatic heterocycles. The van der Waals surface area contributed by atoms with Gasteiger partial charge in [-0.25, -0.2) is 4.79 Å². The highest BCUT2D eigenvalue weighted by Gasteiger charge is 2.24. The second kappa shape index (κ2) is 10.4. The Hall–Kier alpha value is -1.95. The number of benzene rings is 1. The molecule has 2 heterocycles. The Bertz CT molecular complexity index is 590. The highest BCUT2D eigenvalue weighted by atomic mass is 16.5. The summed E-state index contributed by atoms with van der Waals surface area (Å²) in [6.45, 7) is 6.53. The number of carbonyl (C=O) groups is 1. The normalized spacial score (nSPS) is 20.5. The number of amides is 2. The van der Waals surface area contributed by atoms with Gasteiger partial charge < -0.3 is 24.6 Å². The van der Waals surface area contributed by atoms with Crippen LogP contribution >= 0.6 is 0 Å². The lowest BCUT2D eigenvalue weighted by atomic mass is 9.99. The average molecular weight is 376 g/mol. The second-order valence-corrected chi connectivity index (χ2v) is 7.58. The van der Waals surface area contributed by atoms with Gasteiger partial charge in [-0.2, -0.15) is 0 Å². The van der Waals surface area contributed by atoms with Crippen LogP contribution in [0.25, 0.3) is 0 Å². The number of likely N-dealkylation sites (tertiary alicyclic amines) is 2. The van der Waals surface area contributed by atoms with Crippen molar-refractivity contribution in [2.24, 2.45) is 5.92 Å². The summed E-state index contributed by atoms with van der Waals surface area (Å²) in [6, 6.07) is 7.74. The van der Waals surface area contributed by atoms with E-state index >= 15 is 0 Å². The van der Waals surface area contributed by atoms with Crippen molar-refractivity contribution in [1.29, 1.82) is 0 Å². The van der Waals surface area contributed by atoms with E-state index in [9.17, 15) is 4.79 Å². The summed E-state index contributed by atoms with van der Waals surface area (Å²) in [5.41, 5.74) is 0. The Labute approximate surface area is 162 Å². The Morgan fingerprint density at radius 1 is 1.19 bits per heavy atom. The fraction of sp³-hybridized carbons (Fsp3) is 0.667. The van der Waals surface area contributed by atoms with Crippen LogP contribution in [0.1, 0.15) is 32.1 Å². The Balaban J connectivity index is 1.35. The lowest BCUT2D eigenvalue weighted by Crippen LogP contribution is -2.47. The minimum atomic E-state index is 0.0718. The second-order valence-electron chi connectivity index (χ2n) is 7.58. The number of rotatable bonds is 8. The van der Waals surface area contributed by atoms with Crippen LogP contribution in [0.2, 0.25) is 0 Å². The molecule has 2 fully saturated rings. The molecule has 0 spiro atoms. The van der Waals surface area contributed by atoms with Gasteiger partial charge >= 0.3 is 6.03 Å². The fourth-order valence-corrected chi connectivity index (χ4v) is 3.91. The van der Waals surface area contributed by atoms with Gasteiger partial charge in [0.15, 0.2) is 0 Å². The minimum Gasteiger partial charge on any atom is -0.497 e. The predicted molar refractivity (Wildman–Crippen MR) is 106 cm³/mol. The van der Waals surface area contributed by atoms with Crippen LogP contribution in [-0.2, 0) is 0 Å². The van der Waals surface area contributed by atoms with Crippen molar-refractivity contribution >= 4 is 6.03 Å². The molecule has 150 valence electrons. The summed E-state index contributed by atoms with van der Waals surface area (Å²) in [5, 5.41) is 3.09. The maximum atomic E-state index is 12.4. The number of nitrogens with zero attached hydrogens (tertiary/aromatic N) is 2. The summed E-state index contributed by atoms with van der Waals surface area (Å²) in [7, 11) is 1.65. The summed E-state index contributed by atoms with van der Waals surface area (Å²) in [6.07, 6.45) is 5.80. The molecular formula is C21H33N3O3. The molecule has 0 radical (unpaired) electrons. The molecule has 2 amide bonds. The monoisotopic (exact) mass is 375 g/mol. The van der Waals surface area contributed by atoms with Crippen LogP contribution in [-0.4, -0.2) is 68.8 Å². The Morgan fingerprint density at radius 2 is 2.00 bits per heavy atom. The summed E-state index contributed by atoms with van der Waals surface area (Å²) in [5.74, 6) is 1.99. The number of nitrogens with one attached hydrogen (secondary N) is 1. The smallest absolute Gasteiger partial charge is 0.317 e. The van der Waals surface area contributed by atoms with Crippen molar-refractivity contribution in [3.8, 4) is 11.5 Å². The Morgan fingerprint density at radius 3 is 2.81 bits per heavy atom. The van der Waals surface area contributed by atoms with Crippen LogP contribution in [0.15, 0.2) is 24.3 Å². The molecule has 0 aliphatic carbocycles. The molecule has 0 bridgehead atoms. The molecule has 1 N–H and O–H groups in total. The molecular weight excluding hydrogens is 342 g/mol. The molecule has 2 aliphatic rings. The van der Waals surface area contributed by atoms with Gasteiger partial charge in [0.25, 0.3) is 0 Å². The summed E-state index contributed by atoms with van der Waals surface area (Å²) >= 11 is 0. The molecule has 2 saturated heterocycles. The van der Waals surface area contributed by atoms with E-state index in [0.717, 1.165) is 56.9 Å². The minimum absolute atomic E-state index is 0.0718. The topological polar surface area (TPSA) is 54.0 Å². The van der Waals surface area contributed by atoms with Crippen LogP contribution in [0, 0.1) is 5.92 Å². The van der Waals surface area contributed by atoms with Crippen molar-refractivity contribution in [2.75, 3.05) is 53.0 Å². The van der Waals surface area contributed by atoms with E-state index in [-0.39, 0.29) is 6.03 Å². The molecule has 6 heteroatoms. The number of urea groups is 1. The predicted octanol–water partition coefficient (Wildman–Crippen LogP) is 2.98. The first-order valence-electron chi connectivity index (χ1n) is 10.3. The van der Waals surface area contributed by atoms with E-state index in [2.05, 4.69) is 10.2 Å². The highest BCUT2D eigenvalue weighted by molar-refractivity contribution is 5.74. The lowest BCUT2D eigenvalue weighted by molar-refractivity contribution is 0.137. The number of carbonyl (C=O) groups excluding carboxylic acids is 1. The van der Waals surface area contributed by atoms with Gasteiger partial charge in [-0.1, -0.05) is 6.07 Å². The van der Waals surface area contributed by atoms with Crippen LogP contribution in [0.3, 0.4) is 0 Å². The van der Waals surface area contributed by atoms with E-state index < -0.39 is 0 Å². The Kier molecular flexibility index (Phi) is 7.63. The number of ether oxygens (including phenoxy) is 2. The SMILES string of the molecule is COc1cccc(OC[C@H]2CCCN(C(=O)NCCCN3CCCC3)C2)c1. The molecule has 3 rings (SSSR count). The quantitative estimate of drug-likeness (QED) is 0.710. The van der Waals surface area contributed by atoms with Crippen molar-refractivity contribution in [3.63, 3.8) is 0 Å². The molecule has 1 atom stereocenters. The van der Waals surface area contributed by atoms with Crippen LogP contribution < -0.4 is 14.8 Å². The zero-order valence-corrected chi connectivity index (χ0v) is 16.5. The first-order chi connectivity index (χ1) is 13.2. The van der Waals surface area contributed by atoms with Gasteiger partial charge in [0.05, 0.1) is 13.7 Å². The van der Waals surface area contributed by atoms with E-state index in [1.54, 1.807) is 7.11 Å². The molecule has 1 aromatic rings. The molecule has 1 aromatic carbocycles. The van der Waals surface area contributed by atoms with Crippen molar-refractivity contribution in [2.45, 2.75) is 32.1 Å². The van der Waals surface area contributed by atoms with Crippen LogP contribution in [0.4, 0.5) is 4.79 Å². The zero-order valence-electron chi connectivity index (χ0n) is 16.5. The highest BCUT2D eigenvalue weighted by Crippen LogP contribution is 2.22. The third-order valence-electron chi connectivity index (χ3n) is 5.46. The number of methoxy groups -OCH3 is 1. The van der Waals surface area contributed by atoms with Crippen molar-refractivity contribution in [1.82, 2.24) is 15.1 Å². The van der Waals surface area contributed by atoms with Gasteiger partial charge in [0, 0.05) is 31.6 Å². The molecule has 0 saturated carbocycles. The molecule has 6 nitrogen and oxygen atoms in total. The van der Waals surface area contributed by atoms with Gasteiger partial charge in [0.1, 0.15) is 11.5 Å². The molecule has 27 heavy (non-hydrogen) atoms. The van der Waals surface area contributed by atoms with Crippen molar-refractivity contribution in [3.05, 3.63) is 24.3 Å². The third-order valence-corrected chi connectivity index (χ3v) is 5.46. The van der Waals surface area contributed by atoms with E-state index in [1.165, 1.54) is 25.9 Å².